The van der Waals surface area contributed by atoms with Gasteiger partial charge in [0.2, 0.25) is 0 Å². The van der Waals surface area contributed by atoms with Crippen molar-refractivity contribution in [2.45, 2.75) is 32.9 Å². The number of hydrogen-bond acceptors (Lipinski definition) is 6. The van der Waals surface area contributed by atoms with Crippen molar-refractivity contribution < 1.29 is 24.2 Å². The van der Waals surface area contributed by atoms with E-state index in [1.807, 2.05) is 19.9 Å². The number of methoxy groups -OCH3 is 1. The molecule has 1 amide bonds. The first-order chi connectivity index (χ1) is 16.9. The fourth-order valence-electron chi connectivity index (χ4n) is 4.21. The van der Waals surface area contributed by atoms with Gasteiger partial charge in [-0.25, -0.2) is 0 Å². The minimum Gasteiger partial charge on any atom is -0.507 e. The lowest BCUT2D eigenvalue weighted by Crippen LogP contribution is -2.29. The van der Waals surface area contributed by atoms with Crippen LogP contribution in [0.3, 0.4) is 0 Å². The van der Waals surface area contributed by atoms with Crippen LogP contribution in [-0.2, 0) is 16.1 Å². The number of aromatic nitrogens is 1. The van der Waals surface area contributed by atoms with Gasteiger partial charge in [0.25, 0.3) is 11.7 Å². The number of carbonyl (C=O) groups excluding carboxylic acids is 2. The molecule has 1 fully saturated rings. The van der Waals surface area contributed by atoms with Gasteiger partial charge in [0.05, 0.1) is 25.3 Å². The molecule has 2 aromatic carbocycles. The summed E-state index contributed by atoms with van der Waals surface area (Å²) in [4.78, 5) is 32.0. The van der Waals surface area contributed by atoms with Crippen LogP contribution in [0.25, 0.3) is 5.76 Å². The van der Waals surface area contributed by atoms with Gasteiger partial charge in [0.15, 0.2) is 0 Å². The first-order valence-corrected chi connectivity index (χ1v) is 11.5. The van der Waals surface area contributed by atoms with E-state index < -0.39 is 17.7 Å². The molecule has 3 aromatic rings. The molecular weight excluding hydrogens is 444 g/mol. The van der Waals surface area contributed by atoms with E-state index in [1.165, 1.54) is 4.90 Å². The number of aliphatic hydroxyl groups is 1. The number of pyridine rings is 1. The molecule has 0 bridgehead atoms. The summed E-state index contributed by atoms with van der Waals surface area (Å²) in [6.07, 6.45) is 4.15. The Kier molecular flexibility index (Phi) is 7.15. The molecule has 1 saturated heterocycles. The molecule has 180 valence electrons. The maximum atomic E-state index is 13.3. The van der Waals surface area contributed by atoms with Crippen LogP contribution < -0.4 is 9.47 Å². The van der Waals surface area contributed by atoms with Crippen molar-refractivity contribution in [3.05, 3.63) is 94.8 Å². The van der Waals surface area contributed by atoms with Crippen LogP contribution in [0.2, 0.25) is 0 Å². The summed E-state index contributed by atoms with van der Waals surface area (Å²) < 4.78 is 11.1. The number of rotatable bonds is 8. The smallest absolute Gasteiger partial charge is 0.295 e. The molecule has 35 heavy (non-hydrogen) atoms. The minimum absolute atomic E-state index is 0.0407. The Morgan fingerprint density at radius 2 is 1.86 bits per heavy atom. The highest BCUT2D eigenvalue weighted by atomic mass is 16.5. The van der Waals surface area contributed by atoms with Crippen LogP contribution in [0, 0.1) is 6.92 Å². The number of aliphatic hydroxyl groups excluding tert-OH is 1. The van der Waals surface area contributed by atoms with Crippen molar-refractivity contribution in [3.63, 3.8) is 0 Å². The van der Waals surface area contributed by atoms with Crippen LogP contribution in [0.4, 0.5) is 0 Å². The third-order valence-corrected chi connectivity index (χ3v) is 5.96. The Morgan fingerprint density at radius 3 is 2.54 bits per heavy atom. The van der Waals surface area contributed by atoms with Crippen molar-refractivity contribution >= 4 is 17.4 Å². The average molecular weight is 473 g/mol. The Hall–Kier alpha value is -4.13. The van der Waals surface area contributed by atoms with E-state index in [1.54, 1.807) is 68.0 Å². The zero-order valence-corrected chi connectivity index (χ0v) is 20.0. The quantitative estimate of drug-likeness (QED) is 0.288. The third-order valence-electron chi connectivity index (χ3n) is 5.96. The third kappa shape index (κ3) is 4.89. The molecule has 1 aliphatic heterocycles. The van der Waals surface area contributed by atoms with E-state index in [9.17, 15) is 14.7 Å². The predicted octanol–water partition coefficient (Wildman–Crippen LogP) is 4.81. The number of aryl methyl sites for hydroxylation is 1. The highest BCUT2D eigenvalue weighted by molar-refractivity contribution is 6.46. The summed E-state index contributed by atoms with van der Waals surface area (Å²) in [5.74, 6) is -0.321. The van der Waals surface area contributed by atoms with Gasteiger partial charge in [-0.15, -0.1) is 0 Å². The number of nitrogens with zero attached hydrogens (tertiary/aromatic N) is 2. The molecule has 7 nitrogen and oxygen atoms in total. The molecule has 4 rings (SSSR count). The van der Waals surface area contributed by atoms with Gasteiger partial charge < -0.3 is 19.5 Å². The molecule has 2 heterocycles. The lowest BCUT2D eigenvalue weighted by molar-refractivity contribution is -0.140. The second-order valence-corrected chi connectivity index (χ2v) is 8.39. The van der Waals surface area contributed by atoms with Crippen LogP contribution in [-0.4, -0.2) is 40.4 Å². The number of ketones is 1. The van der Waals surface area contributed by atoms with Gasteiger partial charge >= 0.3 is 0 Å². The molecule has 0 spiro atoms. The molecule has 1 N–H and O–H groups in total. The molecular formula is C28H28N2O5. The molecule has 1 atom stereocenters. The van der Waals surface area contributed by atoms with Crippen molar-refractivity contribution in [2.24, 2.45) is 0 Å². The van der Waals surface area contributed by atoms with E-state index in [-0.39, 0.29) is 17.9 Å². The monoisotopic (exact) mass is 472 g/mol. The Morgan fingerprint density at radius 1 is 1.09 bits per heavy atom. The van der Waals surface area contributed by atoms with Crippen LogP contribution >= 0.6 is 0 Å². The Balaban J connectivity index is 1.83. The Labute approximate surface area is 204 Å². The Bertz CT molecular complexity index is 1270. The summed E-state index contributed by atoms with van der Waals surface area (Å²) in [6.45, 7) is 4.68. The number of Topliss-reactive ketones (excluding diaryl/α,β-unsaturated/α-hetero) is 1. The first-order valence-electron chi connectivity index (χ1n) is 11.5. The largest absolute Gasteiger partial charge is 0.507 e. The summed E-state index contributed by atoms with van der Waals surface area (Å²) >= 11 is 0. The summed E-state index contributed by atoms with van der Waals surface area (Å²) in [7, 11) is 1.55. The maximum Gasteiger partial charge on any atom is 0.295 e. The molecule has 1 aliphatic rings. The first kappa shape index (κ1) is 24.0. The fraction of sp³-hybridized carbons (Fsp3) is 0.250. The van der Waals surface area contributed by atoms with Gasteiger partial charge in [-0.2, -0.15) is 0 Å². The van der Waals surface area contributed by atoms with Crippen molar-refractivity contribution in [3.8, 4) is 11.5 Å². The van der Waals surface area contributed by atoms with E-state index >= 15 is 0 Å². The highest BCUT2D eigenvalue weighted by Crippen LogP contribution is 2.41. The van der Waals surface area contributed by atoms with Crippen LogP contribution in [0.5, 0.6) is 11.5 Å². The van der Waals surface area contributed by atoms with Gasteiger partial charge in [0.1, 0.15) is 17.3 Å². The second kappa shape index (κ2) is 10.4. The number of ether oxygens (including phenoxy) is 2. The number of hydrogen-bond donors (Lipinski definition) is 1. The molecule has 0 aliphatic carbocycles. The lowest BCUT2D eigenvalue weighted by Gasteiger charge is -2.25. The van der Waals surface area contributed by atoms with Gasteiger partial charge in [-0.05, 0) is 72.5 Å². The highest BCUT2D eigenvalue weighted by Gasteiger charge is 2.46. The SMILES string of the molecule is CCCOc1ccc(/C(O)=C2/C(=O)C(=O)N(Cc3ccncc3)C2c2cccc(OC)c2)cc1C. The second-order valence-electron chi connectivity index (χ2n) is 8.39. The topological polar surface area (TPSA) is 89.0 Å². The predicted molar refractivity (Wildman–Crippen MR) is 132 cm³/mol. The molecule has 1 aromatic heterocycles. The van der Waals surface area contributed by atoms with E-state index in [0.717, 1.165) is 17.5 Å². The fourth-order valence-corrected chi connectivity index (χ4v) is 4.21. The summed E-state index contributed by atoms with van der Waals surface area (Å²) in [5, 5.41) is 11.3. The zero-order chi connectivity index (χ0) is 24.9. The normalized spacial score (nSPS) is 17.0. The van der Waals surface area contributed by atoms with Gasteiger partial charge in [-0.3, -0.25) is 14.6 Å². The lowest BCUT2D eigenvalue weighted by atomic mass is 9.94. The maximum absolute atomic E-state index is 13.3. The average Bonchev–Trinajstić information content (AvgIpc) is 3.13. The van der Waals surface area contributed by atoms with Gasteiger partial charge in [0, 0.05) is 24.5 Å². The van der Waals surface area contributed by atoms with E-state index in [0.29, 0.717) is 29.2 Å². The van der Waals surface area contributed by atoms with Crippen molar-refractivity contribution in [2.75, 3.05) is 13.7 Å². The van der Waals surface area contributed by atoms with Crippen LogP contribution in [0.15, 0.2) is 72.6 Å². The number of carbonyl (C=O) groups is 2. The molecule has 0 radical (unpaired) electrons. The molecule has 7 heteroatoms. The molecule has 1 unspecified atom stereocenters. The zero-order valence-electron chi connectivity index (χ0n) is 20.0. The minimum atomic E-state index is -0.783. The van der Waals surface area contributed by atoms with E-state index in [2.05, 4.69) is 4.98 Å². The standard InChI is InChI=1S/C28H28N2O5/c1-4-14-35-23-9-8-21(15-18(23)2)26(31)24-25(20-6-5-7-22(16-20)34-3)30(28(33)27(24)32)17-19-10-12-29-13-11-19/h5-13,15-16,25,31H,4,14,17H2,1-3H3/b26-24-. The van der Waals surface area contributed by atoms with Crippen molar-refractivity contribution in [1.29, 1.82) is 0 Å². The van der Waals surface area contributed by atoms with Crippen LogP contribution in [0.1, 0.15) is 41.6 Å². The van der Waals surface area contributed by atoms with Gasteiger partial charge in [-0.1, -0.05) is 19.1 Å². The van der Waals surface area contributed by atoms with E-state index in [4.69, 9.17) is 9.47 Å². The number of benzene rings is 2. The number of likely N-dealkylation sites (tertiary alicyclic amines) is 1. The summed E-state index contributed by atoms with van der Waals surface area (Å²) in [5.41, 5.74) is 2.80. The number of amides is 1. The summed E-state index contributed by atoms with van der Waals surface area (Å²) in [6, 6.07) is 15.2. The van der Waals surface area contributed by atoms with Crippen molar-refractivity contribution in [1.82, 2.24) is 9.88 Å². The molecule has 0 saturated carbocycles.